The Morgan fingerprint density at radius 3 is 2.71 bits per heavy atom. The van der Waals surface area contributed by atoms with Crippen LogP contribution in [0.2, 0.25) is 0 Å². The molecule has 2 aromatic rings. The maximum atomic E-state index is 13.2. The molecule has 1 aromatic carbocycles. The van der Waals surface area contributed by atoms with Crippen LogP contribution >= 0.6 is 0 Å². The molecule has 0 atom stereocenters. The van der Waals surface area contributed by atoms with E-state index in [0.29, 0.717) is 11.4 Å². The molecule has 0 radical (unpaired) electrons. The highest BCUT2D eigenvalue weighted by molar-refractivity contribution is 5.91. The third kappa shape index (κ3) is 2.54. The lowest BCUT2D eigenvalue weighted by Crippen LogP contribution is -2.00. The van der Waals surface area contributed by atoms with Gasteiger partial charge in [-0.2, -0.15) is 0 Å². The molecule has 0 aliphatic rings. The van der Waals surface area contributed by atoms with E-state index >= 15 is 0 Å². The summed E-state index contributed by atoms with van der Waals surface area (Å²) in [6, 6.07) is 6.76. The average molecular weight is 232 g/mol. The van der Waals surface area contributed by atoms with E-state index in [2.05, 4.69) is 24.1 Å². The average Bonchev–Trinajstić information content (AvgIpc) is 2.26. The molecule has 0 amide bonds. The predicted octanol–water partition coefficient (Wildman–Crippen LogP) is 3.61. The van der Waals surface area contributed by atoms with E-state index in [-0.39, 0.29) is 5.82 Å². The second-order valence-corrected chi connectivity index (χ2v) is 4.67. The molecule has 2 rings (SSSR count). The maximum Gasteiger partial charge on any atom is 0.125 e. The van der Waals surface area contributed by atoms with Crippen molar-refractivity contribution in [1.29, 1.82) is 0 Å². The van der Waals surface area contributed by atoms with E-state index in [0.717, 1.165) is 23.2 Å². The number of nitrogens with zero attached hydrogens (tertiary/aromatic N) is 1. The first-order chi connectivity index (χ1) is 8.10. The van der Waals surface area contributed by atoms with Crippen LogP contribution in [0.1, 0.15) is 19.5 Å². The van der Waals surface area contributed by atoms with Gasteiger partial charge in [0.25, 0.3) is 0 Å². The summed E-state index contributed by atoms with van der Waals surface area (Å²) in [5.74, 6) is 0.298. The Hall–Kier alpha value is -1.64. The van der Waals surface area contributed by atoms with Crippen molar-refractivity contribution in [3.63, 3.8) is 0 Å². The van der Waals surface area contributed by atoms with Gasteiger partial charge >= 0.3 is 0 Å². The maximum absolute atomic E-state index is 13.2. The number of rotatable bonds is 3. The monoisotopic (exact) mass is 232 g/mol. The van der Waals surface area contributed by atoms with Crippen LogP contribution in [0.5, 0.6) is 0 Å². The van der Waals surface area contributed by atoms with E-state index in [1.54, 1.807) is 6.07 Å². The SMILES string of the molecule is CNc1cc(CC(C)C)nc2cc(F)ccc12. The summed E-state index contributed by atoms with van der Waals surface area (Å²) in [5, 5.41) is 4.10. The number of hydrogen-bond acceptors (Lipinski definition) is 2. The lowest BCUT2D eigenvalue weighted by molar-refractivity contribution is 0.628. The first-order valence-electron chi connectivity index (χ1n) is 5.87. The van der Waals surface area contributed by atoms with Gasteiger partial charge in [-0.25, -0.2) is 4.39 Å². The molecule has 1 N–H and O–H groups in total. The first-order valence-corrected chi connectivity index (χ1v) is 5.87. The minimum Gasteiger partial charge on any atom is -0.388 e. The van der Waals surface area contributed by atoms with Crippen LogP contribution in [-0.4, -0.2) is 12.0 Å². The van der Waals surface area contributed by atoms with Gasteiger partial charge in [0, 0.05) is 29.9 Å². The molecule has 0 unspecified atom stereocenters. The topological polar surface area (TPSA) is 24.9 Å². The Balaban J connectivity index is 2.58. The number of benzene rings is 1. The predicted molar refractivity (Wildman–Crippen MR) is 69.8 cm³/mol. The van der Waals surface area contributed by atoms with Gasteiger partial charge in [-0.1, -0.05) is 13.8 Å². The highest BCUT2D eigenvalue weighted by Gasteiger charge is 2.07. The highest BCUT2D eigenvalue weighted by atomic mass is 19.1. The van der Waals surface area contributed by atoms with Gasteiger partial charge in [-0.15, -0.1) is 0 Å². The van der Waals surface area contributed by atoms with Crippen LogP contribution in [0.4, 0.5) is 10.1 Å². The van der Waals surface area contributed by atoms with Crippen LogP contribution in [0, 0.1) is 11.7 Å². The molecule has 0 saturated heterocycles. The Kier molecular flexibility index (Phi) is 3.27. The number of nitrogens with one attached hydrogen (secondary N) is 1. The molecular weight excluding hydrogens is 215 g/mol. The number of fused-ring (bicyclic) bond motifs is 1. The van der Waals surface area contributed by atoms with Gasteiger partial charge in [0.2, 0.25) is 0 Å². The Morgan fingerprint density at radius 1 is 1.29 bits per heavy atom. The van der Waals surface area contributed by atoms with Crippen molar-refractivity contribution in [2.45, 2.75) is 20.3 Å². The standard InChI is InChI=1S/C14H17FN2/c1-9(2)6-11-8-13(16-3)12-5-4-10(15)7-14(12)17-11/h4-5,7-9H,6H2,1-3H3,(H,16,17). The molecule has 0 saturated carbocycles. The zero-order chi connectivity index (χ0) is 12.4. The summed E-state index contributed by atoms with van der Waals surface area (Å²) in [7, 11) is 1.87. The quantitative estimate of drug-likeness (QED) is 0.874. The summed E-state index contributed by atoms with van der Waals surface area (Å²) in [4.78, 5) is 4.50. The summed E-state index contributed by atoms with van der Waals surface area (Å²) in [5.41, 5.74) is 2.72. The van der Waals surface area contributed by atoms with E-state index < -0.39 is 0 Å². The van der Waals surface area contributed by atoms with E-state index in [1.165, 1.54) is 12.1 Å². The van der Waals surface area contributed by atoms with Gasteiger partial charge < -0.3 is 5.32 Å². The summed E-state index contributed by atoms with van der Waals surface area (Å²) >= 11 is 0. The first kappa shape index (κ1) is 11.8. The molecule has 0 fully saturated rings. The van der Waals surface area contributed by atoms with Crippen molar-refractivity contribution < 1.29 is 4.39 Å². The second-order valence-electron chi connectivity index (χ2n) is 4.67. The van der Waals surface area contributed by atoms with Crippen molar-refractivity contribution >= 4 is 16.6 Å². The molecule has 0 bridgehead atoms. The Bertz CT molecular complexity index is 535. The largest absolute Gasteiger partial charge is 0.388 e. The fourth-order valence-corrected chi connectivity index (χ4v) is 1.99. The normalized spacial score (nSPS) is 11.1. The molecule has 17 heavy (non-hydrogen) atoms. The highest BCUT2D eigenvalue weighted by Crippen LogP contribution is 2.24. The number of hydrogen-bond donors (Lipinski definition) is 1. The molecule has 0 aliphatic carbocycles. The number of anilines is 1. The molecule has 0 aliphatic heterocycles. The van der Waals surface area contributed by atoms with Crippen LogP contribution < -0.4 is 5.32 Å². The molecule has 90 valence electrons. The molecule has 3 heteroatoms. The summed E-state index contributed by atoms with van der Waals surface area (Å²) in [6.07, 6.45) is 0.904. The van der Waals surface area contributed by atoms with E-state index in [1.807, 2.05) is 13.1 Å². The fourth-order valence-electron chi connectivity index (χ4n) is 1.99. The van der Waals surface area contributed by atoms with Crippen molar-refractivity contribution in [2.75, 3.05) is 12.4 Å². The zero-order valence-corrected chi connectivity index (χ0v) is 10.4. The molecular formula is C14H17FN2. The molecule has 1 heterocycles. The summed E-state index contributed by atoms with van der Waals surface area (Å²) in [6.45, 7) is 4.30. The zero-order valence-electron chi connectivity index (χ0n) is 10.4. The Labute approximate surface area is 101 Å². The number of halogens is 1. The smallest absolute Gasteiger partial charge is 0.125 e. The van der Waals surface area contributed by atoms with Crippen molar-refractivity contribution in [1.82, 2.24) is 4.98 Å². The van der Waals surface area contributed by atoms with Crippen LogP contribution in [0.3, 0.4) is 0 Å². The number of pyridine rings is 1. The lowest BCUT2D eigenvalue weighted by atomic mass is 10.1. The van der Waals surface area contributed by atoms with Gasteiger partial charge in [0.1, 0.15) is 5.82 Å². The lowest BCUT2D eigenvalue weighted by Gasteiger charge is -2.10. The fraction of sp³-hybridized carbons (Fsp3) is 0.357. The van der Waals surface area contributed by atoms with Gasteiger partial charge in [0.15, 0.2) is 0 Å². The van der Waals surface area contributed by atoms with E-state index in [4.69, 9.17) is 0 Å². The van der Waals surface area contributed by atoms with E-state index in [9.17, 15) is 4.39 Å². The van der Waals surface area contributed by atoms with Crippen molar-refractivity contribution in [3.05, 3.63) is 35.8 Å². The van der Waals surface area contributed by atoms with Crippen LogP contribution in [0.25, 0.3) is 10.9 Å². The third-order valence-corrected chi connectivity index (χ3v) is 2.71. The number of aromatic nitrogens is 1. The molecule has 0 spiro atoms. The summed E-state index contributed by atoms with van der Waals surface area (Å²) < 4.78 is 13.2. The van der Waals surface area contributed by atoms with Crippen LogP contribution in [-0.2, 0) is 6.42 Å². The molecule has 1 aromatic heterocycles. The van der Waals surface area contributed by atoms with Gasteiger partial charge in [0.05, 0.1) is 5.52 Å². The third-order valence-electron chi connectivity index (χ3n) is 2.71. The van der Waals surface area contributed by atoms with Gasteiger partial charge in [-0.05, 0) is 30.5 Å². The van der Waals surface area contributed by atoms with Crippen molar-refractivity contribution in [2.24, 2.45) is 5.92 Å². The Morgan fingerprint density at radius 2 is 2.06 bits per heavy atom. The minimum atomic E-state index is -0.242. The van der Waals surface area contributed by atoms with Crippen LogP contribution in [0.15, 0.2) is 24.3 Å². The minimum absolute atomic E-state index is 0.242. The van der Waals surface area contributed by atoms with Crippen molar-refractivity contribution in [3.8, 4) is 0 Å². The molecule has 2 nitrogen and oxygen atoms in total. The van der Waals surface area contributed by atoms with Gasteiger partial charge in [-0.3, -0.25) is 4.98 Å². The second kappa shape index (κ2) is 4.70.